The zero-order chi connectivity index (χ0) is 11.5. The summed E-state index contributed by atoms with van der Waals surface area (Å²) >= 11 is 2.19. The first-order chi connectivity index (χ1) is 7.68. The maximum atomic E-state index is 10.2. The van der Waals surface area contributed by atoms with Crippen molar-refractivity contribution in [3.8, 4) is 0 Å². The monoisotopic (exact) mass is 325 g/mol. The van der Waals surface area contributed by atoms with Crippen LogP contribution in [0.25, 0.3) is 0 Å². The van der Waals surface area contributed by atoms with Gasteiger partial charge in [-0.15, -0.1) is 0 Å². The highest BCUT2D eigenvalue weighted by molar-refractivity contribution is 14.1. The first-order valence-electron chi connectivity index (χ1n) is 5.03. The fraction of sp³-hybridized carbons (Fsp3) is 0.154. The molecule has 1 aromatic heterocycles. The van der Waals surface area contributed by atoms with E-state index in [2.05, 4.69) is 27.6 Å². The van der Waals surface area contributed by atoms with Crippen LogP contribution < -0.4 is 0 Å². The number of hydrogen-bond acceptors (Lipinski definition) is 2. The summed E-state index contributed by atoms with van der Waals surface area (Å²) in [5.41, 5.74) is 2.82. The van der Waals surface area contributed by atoms with Gasteiger partial charge in [0.1, 0.15) is 9.80 Å². The Hall–Kier alpha value is -0.940. The second kappa shape index (κ2) is 4.93. The predicted molar refractivity (Wildman–Crippen MR) is 72.2 cm³/mol. The van der Waals surface area contributed by atoms with Crippen molar-refractivity contribution in [2.45, 2.75) is 13.0 Å². The van der Waals surface area contributed by atoms with Gasteiger partial charge in [0.05, 0.1) is 0 Å². The Balaban J connectivity index is 2.34. The highest BCUT2D eigenvalue weighted by Crippen LogP contribution is 2.22. The molecule has 3 heteroatoms. The SMILES string of the molecule is Cc1cc([C@H](O)c2ccccc2)cnc1I. The molecule has 0 fully saturated rings. The molecule has 2 rings (SSSR count). The first-order valence-corrected chi connectivity index (χ1v) is 6.11. The summed E-state index contributed by atoms with van der Waals surface area (Å²) < 4.78 is 0.974. The number of pyridine rings is 1. The third kappa shape index (κ3) is 2.41. The molecule has 16 heavy (non-hydrogen) atoms. The third-order valence-electron chi connectivity index (χ3n) is 2.47. The third-order valence-corrected chi connectivity index (χ3v) is 3.60. The van der Waals surface area contributed by atoms with Crippen LogP contribution in [0.5, 0.6) is 0 Å². The zero-order valence-electron chi connectivity index (χ0n) is 8.89. The van der Waals surface area contributed by atoms with Gasteiger partial charge >= 0.3 is 0 Å². The van der Waals surface area contributed by atoms with Crippen LogP contribution in [0.2, 0.25) is 0 Å². The van der Waals surface area contributed by atoms with Gasteiger partial charge in [-0.3, -0.25) is 0 Å². The molecule has 0 bridgehead atoms. The molecule has 1 aromatic carbocycles. The van der Waals surface area contributed by atoms with E-state index in [1.54, 1.807) is 6.20 Å². The van der Waals surface area contributed by atoms with Gasteiger partial charge < -0.3 is 5.11 Å². The molecule has 0 aliphatic rings. The van der Waals surface area contributed by atoms with Gasteiger partial charge in [-0.1, -0.05) is 30.3 Å². The topological polar surface area (TPSA) is 33.1 Å². The number of nitrogens with zero attached hydrogens (tertiary/aromatic N) is 1. The Labute approximate surface area is 108 Å². The van der Waals surface area contributed by atoms with E-state index < -0.39 is 6.10 Å². The fourth-order valence-electron chi connectivity index (χ4n) is 1.56. The number of aryl methyl sites for hydroxylation is 1. The summed E-state index contributed by atoms with van der Waals surface area (Å²) in [6.45, 7) is 2.00. The van der Waals surface area contributed by atoms with Gasteiger partial charge in [0.2, 0.25) is 0 Å². The van der Waals surface area contributed by atoms with Crippen LogP contribution in [0.4, 0.5) is 0 Å². The van der Waals surface area contributed by atoms with Gasteiger partial charge in [-0.05, 0) is 46.7 Å². The lowest BCUT2D eigenvalue weighted by Crippen LogP contribution is -2.01. The molecule has 0 radical (unpaired) electrons. The van der Waals surface area contributed by atoms with Crippen molar-refractivity contribution in [3.63, 3.8) is 0 Å². The Bertz CT molecular complexity index is 485. The summed E-state index contributed by atoms with van der Waals surface area (Å²) in [5, 5.41) is 10.2. The van der Waals surface area contributed by atoms with E-state index in [0.29, 0.717) is 0 Å². The minimum absolute atomic E-state index is 0.593. The summed E-state index contributed by atoms with van der Waals surface area (Å²) in [4.78, 5) is 4.25. The molecule has 0 amide bonds. The summed E-state index contributed by atoms with van der Waals surface area (Å²) in [5.74, 6) is 0. The van der Waals surface area contributed by atoms with E-state index in [1.165, 1.54) is 0 Å². The maximum absolute atomic E-state index is 10.2. The normalized spacial score (nSPS) is 12.4. The number of aliphatic hydroxyl groups is 1. The average Bonchev–Trinajstić information content (AvgIpc) is 2.33. The molecule has 0 saturated carbocycles. The molecule has 1 atom stereocenters. The van der Waals surface area contributed by atoms with E-state index in [1.807, 2.05) is 43.3 Å². The number of aromatic nitrogens is 1. The number of halogens is 1. The van der Waals surface area contributed by atoms with Gasteiger partial charge in [0.25, 0.3) is 0 Å². The van der Waals surface area contributed by atoms with E-state index >= 15 is 0 Å². The van der Waals surface area contributed by atoms with E-state index in [-0.39, 0.29) is 0 Å². The minimum Gasteiger partial charge on any atom is -0.384 e. The first kappa shape index (κ1) is 11.5. The molecule has 0 saturated heterocycles. The number of rotatable bonds is 2. The van der Waals surface area contributed by atoms with Crippen LogP contribution in [0, 0.1) is 10.6 Å². The molecule has 1 N–H and O–H groups in total. The standard InChI is InChI=1S/C13H12INO/c1-9-7-11(8-15-13(9)14)12(16)10-5-3-2-4-6-10/h2-8,12,16H,1H3/t12-/m1/s1. The lowest BCUT2D eigenvalue weighted by atomic mass is 10.0. The quantitative estimate of drug-likeness (QED) is 0.680. The highest BCUT2D eigenvalue weighted by Gasteiger charge is 2.11. The Morgan fingerprint density at radius 2 is 1.88 bits per heavy atom. The fourth-order valence-corrected chi connectivity index (χ4v) is 1.85. The molecule has 2 aromatic rings. The van der Waals surface area contributed by atoms with Crippen molar-refractivity contribution < 1.29 is 5.11 Å². The van der Waals surface area contributed by atoms with Crippen LogP contribution in [-0.4, -0.2) is 10.1 Å². The van der Waals surface area contributed by atoms with E-state index in [4.69, 9.17) is 0 Å². The molecule has 1 heterocycles. The van der Waals surface area contributed by atoms with Crippen LogP contribution in [-0.2, 0) is 0 Å². The zero-order valence-corrected chi connectivity index (χ0v) is 11.0. The van der Waals surface area contributed by atoms with Crippen molar-refractivity contribution in [1.82, 2.24) is 4.98 Å². The van der Waals surface area contributed by atoms with Crippen molar-refractivity contribution in [2.24, 2.45) is 0 Å². The molecule has 0 aliphatic carbocycles. The van der Waals surface area contributed by atoms with Gasteiger partial charge in [0.15, 0.2) is 0 Å². The average molecular weight is 325 g/mol. The Morgan fingerprint density at radius 1 is 1.19 bits per heavy atom. The van der Waals surface area contributed by atoms with E-state index in [9.17, 15) is 5.11 Å². The molecule has 0 aliphatic heterocycles. The van der Waals surface area contributed by atoms with Crippen molar-refractivity contribution in [3.05, 3.63) is 63.0 Å². The second-order valence-corrected chi connectivity index (χ2v) is 4.71. The lowest BCUT2D eigenvalue weighted by molar-refractivity contribution is 0.220. The number of aliphatic hydroxyl groups excluding tert-OH is 1. The van der Waals surface area contributed by atoms with Gasteiger partial charge in [0, 0.05) is 11.8 Å². The lowest BCUT2D eigenvalue weighted by Gasteiger charge is -2.11. The van der Waals surface area contributed by atoms with Crippen LogP contribution >= 0.6 is 22.6 Å². The molecule has 0 unspecified atom stereocenters. The van der Waals surface area contributed by atoms with Crippen LogP contribution in [0.1, 0.15) is 22.8 Å². The Morgan fingerprint density at radius 3 is 2.50 bits per heavy atom. The molecular weight excluding hydrogens is 313 g/mol. The molecule has 0 spiro atoms. The summed E-state index contributed by atoms with van der Waals surface area (Å²) in [6.07, 6.45) is 1.14. The highest BCUT2D eigenvalue weighted by atomic mass is 127. The molecule has 2 nitrogen and oxygen atoms in total. The van der Waals surface area contributed by atoms with Gasteiger partial charge in [-0.2, -0.15) is 0 Å². The summed E-state index contributed by atoms with van der Waals surface area (Å²) in [7, 11) is 0. The van der Waals surface area contributed by atoms with Gasteiger partial charge in [-0.25, -0.2) is 4.98 Å². The predicted octanol–water partition coefficient (Wildman–Crippen LogP) is 3.08. The minimum atomic E-state index is -0.593. The van der Waals surface area contributed by atoms with Crippen LogP contribution in [0.3, 0.4) is 0 Å². The van der Waals surface area contributed by atoms with Crippen molar-refractivity contribution in [1.29, 1.82) is 0 Å². The van der Waals surface area contributed by atoms with Crippen molar-refractivity contribution in [2.75, 3.05) is 0 Å². The van der Waals surface area contributed by atoms with E-state index in [0.717, 1.165) is 20.4 Å². The van der Waals surface area contributed by atoms with Crippen LogP contribution in [0.15, 0.2) is 42.6 Å². The number of hydrogen-bond donors (Lipinski definition) is 1. The molecule has 82 valence electrons. The maximum Gasteiger partial charge on any atom is 0.106 e. The summed E-state index contributed by atoms with van der Waals surface area (Å²) in [6, 6.07) is 11.6. The smallest absolute Gasteiger partial charge is 0.106 e. The van der Waals surface area contributed by atoms with Crippen molar-refractivity contribution >= 4 is 22.6 Å². The number of benzene rings is 1. The Kier molecular flexibility index (Phi) is 3.56. The largest absolute Gasteiger partial charge is 0.384 e. The second-order valence-electron chi connectivity index (χ2n) is 3.69. The molecular formula is C13H12INO.